The van der Waals surface area contributed by atoms with Gasteiger partial charge in [-0.1, -0.05) is 24.3 Å². The molecule has 2 heterocycles. The maximum Gasteiger partial charge on any atom is 0.161 e. The van der Waals surface area contributed by atoms with Crippen LogP contribution < -0.4 is 5.32 Å². The molecule has 3 aromatic rings. The fraction of sp³-hybridized carbons (Fsp3) is 0.250. The van der Waals surface area contributed by atoms with Crippen molar-refractivity contribution in [3.63, 3.8) is 0 Å². The Morgan fingerprint density at radius 1 is 1.19 bits per heavy atom. The molecule has 106 valence electrons. The van der Waals surface area contributed by atoms with Crippen LogP contribution in [0.3, 0.4) is 0 Å². The highest BCUT2D eigenvalue weighted by molar-refractivity contribution is 9.10. The van der Waals surface area contributed by atoms with Gasteiger partial charge in [-0.05, 0) is 39.7 Å². The van der Waals surface area contributed by atoms with Crippen molar-refractivity contribution in [3.8, 4) is 5.82 Å². The standard InChI is InChI=1S/C16H15BrN4/c17-12-9-20-21(10-12)16-15-4-2-1-3-14(15)11(8-19-16)7-18-13-5-6-13/h1-4,8-10,13,18H,5-7H2. The van der Waals surface area contributed by atoms with Crippen LogP contribution in [0.1, 0.15) is 18.4 Å². The highest BCUT2D eigenvalue weighted by Gasteiger charge is 2.20. The van der Waals surface area contributed by atoms with Gasteiger partial charge in [0, 0.05) is 30.4 Å². The predicted molar refractivity (Wildman–Crippen MR) is 86.4 cm³/mol. The molecule has 2 aromatic heterocycles. The molecule has 0 spiro atoms. The lowest BCUT2D eigenvalue weighted by Crippen LogP contribution is -2.16. The number of rotatable bonds is 4. The van der Waals surface area contributed by atoms with E-state index in [9.17, 15) is 0 Å². The molecule has 4 nitrogen and oxygen atoms in total. The normalized spacial score (nSPS) is 14.7. The molecular formula is C16H15BrN4. The molecule has 0 aliphatic heterocycles. The van der Waals surface area contributed by atoms with E-state index in [1.165, 1.54) is 23.8 Å². The molecule has 5 heteroatoms. The SMILES string of the molecule is Brc1cnn(-c2ncc(CNC3CC3)c3ccccc23)c1. The van der Waals surface area contributed by atoms with Gasteiger partial charge in [0.2, 0.25) is 0 Å². The summed E-state index contributed by atoms with van der Waals surface area (Å²) in [6, 6.07) is 9.08. The van der Waals surface area contributed by atoms with Crippen LogP contribution in [0.5, 0.6) is 0 Å². The van der Waals surface area contributed by atoms with Crippen LogP contribution >= 0.6 is 15.9 Å². The first-order valence-corrected chi connectivity index (χ1v) is 7.91. The van der Waals surface area contributed by atoms with Crippen molar-refractivity contribution >= 4 is 26.7 Å². The van der Waals surface area contributed by atoms with Crippen molar-refractivity contribution in [1.29, 1.82) is 0 Å². The summed E-state index contributed by atoms with van der Waals surface area (Å²) < 4.78 is 2.76. The van der Waals surface area contributed by atoms with Gasteiger partial charge in [-0.3, -0.25) is 0 Å². The molecule has 0 bridgehead atoms. The largest absolute Gasteiger partial charge is 0.310 e. The molecule has 1 aliphatic rings. The third-order valence-corrected chi connectivity index (χ3v) is 4.19. The average molecular weight is 343 g/mol. The first kappa shape index (κ1) is 13.0. The van der Waals surface area contributed by atoms with Crippen molar-refractivity contribution in [2.75, 3.05) is 0 Å². The van der Waals surface area contributed by atoms with Crippen LogP contribution in [0.4, 0.5) is 0 Å². The van der Waals surface area contributed by atoms with Gasteiger partial charge in [-0.25, -0.2) is 9.67 Å². The Hall–Kier alpha value is -1.72. The minimum atomic E-state index is 0.700. The summed E-state index contributed by atoms with van der Waals surface area (Å²) >= 11 is 3.43. The molecular weight excluding hydrogens is 328 g/mol. The molecule has 1 saturated carbocycles. The molecule has 0 unspecified atom stereocenters. The number of nitrogens with one attached hydrogen (secondary N) is 1. The Kier molecular flexibility index (Phi) is 3.24. The lowest BCUT2D eigenvalue weighted by Gasteiger charge is -2.11. The number of fused-ring (bicyclic) bond motifs is 1. The van der Waals surface area contributed by atoms with Crippen LogP contribution in [0, 0.1) is 0 Å². The fourth-order valence-electron chi connectivity index (χ4n) is 2.52. The summed E-state index contributed by atoms with van der Waals surface area (Å²) in [6.45, 7) is 0.876. The van der Waals surface area contributed by atoms with Crippen LogP contribution in [0.2, 0.25) is 0 Å². The van der Waals surface area contributed by atoms with E-state index in [1.54, 1.807) is 6.20 Å². The molecule has 0 saturated heterocycles. The molecule has 0 amide bonds. The summed E-state index contributed by atoms with van der Waals surface area (Å²) in [5.74, 6) is 0.867. The Morgan fingerprint density at radius 3 is 2.71 bits per heavy atom. The lowest BCUT2D eigenvalue weighted by molar-refractivity contribution is 0.688. The first-order valence-electron chi connectivity index (χ1n) is 7.12. The van der Waals surface area contributed by atoms with Gasteiger partial charge in [-0.15, -0.1) is 0 Å². The van der Waals surface area contributed by atoms with Crippen molar-refractivity contribution in [2.24, 2.45) is 0 Å². The maximum atomic E-state index is 4.63. The summed E-state index contributed by atoms with van der Waals surface area (Å²) in [5.41, 5.74) is 1.24. The zero-order chi connectivity index (χ0) is 14.2. The number of nitrogens with zero attached hydrogens (tertiary/aromatic N) is 3. The minimum absolute atomic E-state index is 0.700. The molecule has 1 N–H and O–H groups in total. The van der Waals surface area contributed by atoms with Crippen molar-refractivity contribution in [2.45, 2.75) is 25.4 Å². The number of hydrogen-bond donors (Lipinski definition) is 1. The second kappa shape index (κ2) is 5.24. The fourth-order valence-corrected chi connectivity index (χ4v) is 2.80. The molecule has 0 atom stereocenters. The van der Waals surface area contributed by atoms with Crippen LogP contribution in [-0.4, -0.2) is 20.8 Å². The van der Waals surface area contributed by atoms with Gasteiger partial charge in [0.25, 0.3) is 0 Å². The summed E-state index contributed by atoms with van der Waals surface area (Å²) in [5, 5.41) is 10.3. The van der Waals surface area contributed by atoms with Gasteiger partial charge >= 0.3 is 0 Å². The van der Waals surface area contributed by atoms with Gasteiger partial charge in [0.1, 0.15) is 0 Å². The molecule has 1 aromatic carbocycles. The van der Waals surface area contributed by atoms with Gasteiger partial charge in [-0.2, -0.15) is 5.10 Å². The van der Waals surface area contributed by atoms with Crippen LogP contribution in [-0.2, 0) is 6.54 Å². The van der Waals surface area contributed by atoms with Crippen LogP contribution in [0.25, 0.3) is 16.6 Å². The van der Waals surface area contributed by atoms with Gasteiger partial charge in [0.05, 0.1) is 10.7 Å². The predicted octanol–water partition coefficient (Wildman–Crippen LogP) is 3.44. The molecule has 21 heavy (non-hydrogen) atoms. The second-order valence-electron chi connectivity index (χ2n) is 5.41. The minimum Gasteiger partial charge on any atom is -0.310 e. The van der Waals surface area contributed by atoms with E-state index in [1.807, 2.05) is 23.1 Å². The summed E-state index contributed by atoms with van der Waals surface area (Å²) in [4.78, 5) is 4.63. The lowest BCUT2D eigenvalue weighted by atomic mass is 10.1. The molecule has 4 rings (SSSR count). The maximum absolute atomic E-state index is 4.63. The number of halogens is 1. The van der Waals surface area contributed by atoms with Gasteiger partial charge < -0.3 is 5.32 Å². The van der Waals surface area contributed by atoms with E-state index in [0.717, 1.165) is 22.2 Å². The van der Waals surface area contributed by atoms with E-state index in [4.69, 9.17) is 0 Å². The quantitative estimate of drug-likeness (QED) is 0.789. The van der Waals surface area contributed by atoms with E-state index in [0.29, 0.717) is 6.04 Å². The molecule has 1 fully saturated rings. The highest BCUT2D eigenvalue weighted by Crippen LogP contribution is 2.25. The zero-order valence-corrected chi connectivity index (χ0v) is 13.0. The Bertz CT molecular complexity index is 792. The van der Waals surface area contributed by atoms with E-state index >= 15 is 0 Å². The monoisotopic (exact) mass is 342 g/mol. The Morgan fingerprint density at radius 2 is 2.00 bits per heavy atom. The van der Waals surface area contributed by atoms with Gasteiger partial charge in [0.15, 0.2) is 5.82 Å². The van der Waals surface area contributed by atoms with Crippen molar-refractivity contribution < 1.29 is 0 Å². The third-order valence-electron chi connectivity index (χ3n) is 3.78. The highest BCUT2D eigenvalue weighted by atomic mass is 79.9. The number of aromatic nitrogens is 3. The van der Waals surface area contributed by atoms with Crippen LogP contribution in [0.15, 0.2) is 47.3 Å². The Balaban J connectivity index is 1.80. The summed E-state index contributed by atoms with van der Waals surface area (Å²) in [6.07, 6.45) is 8.26. The average Bonchev–Trinajstić information content (AvgIpc) is 3.25. The summed E-state index contributed by atoms with van der Waals surface area (Å²) in [7, 11) is 0. The van der Waals surface area contributed by atoms with E-state index in [2.05, 4.69) is 49.5 Å². The van der Waals surface area contributed by atoms with E-state index in [-0.39, 0.29) is 0 Å². The first-order chi connectivity index (χ1) is 10.3. The van der Waals surface area contributed by atoms with E-state index < -0.39 is 0 Å². The molecule has 1 aliphatic carbocycles. The number of hydrogen-bond acceptors (Lipinski definition) is 3. The van der Waals surface area contributed by atoms with Crippen molar-refractivity contribution in [1.82, 2.24) is 20.1 Å². The Labute approximate surface area is 131 Å². The number of benzene rings is 1. The topological polar surface area (TPSA) is 42.7 Å². The smallest absolute Gasteiger partial charge is 0.161 e. The number of pyridine rings is 1. The second-order valence-corrected chi connectivity index (χ2v) is 6.33. The zero-order valence-electron chi connectivity index (χ0n) is 11.5. The third kappa shape index (κ3) is 2.59. The molecule has 0 radical (unpaired) electrons. The van der Waals surface area contributed by atoms with Crippen molar-refractivity contribution in [3.05, 3.63) is 52.9 Å².